The largest absolute Gasteiger partial charge is 0.409 e. The van der Waals surface area contributed by atoms with Crippen LogP contribution in [-0.2, 0) is 0 Å². The Balaban J connectivity index is 1.68. The number of amidine groups is 1. The summed E-state index contributed by atoms with van der Waals surface area (Å²) in [7, 11) is 0. The minimum Gasteiger partial charge on any atom is -0.409 e. The molecule has 0 saturated heterocycles. The van der Waals surface area contributed by atoms with E-state index in [2.05, 4.69) is 10.5 Å². The smallest absolute Gasteiger partial charge is 0.139 e. The SMILES string of the molecule is NC(CC1(CNCC2(CCO)CC2)CC1)=NO. The minimum absolute atomic E-state index is 0.228. The van der Waals surface area contributed by atoms with Crippen molar-refractivity contribution in [1.29, 1.82) is 0 Å². The number of nitrogens with two attached hydrogens (primary N) is 1. The van der Waals surface area contributed by atoms with Crippen LogP contribution in [0.1, 0.15) is 38.5 Å². The number of oxime groups is 1. The molecule has 2 rings (SSSR count). The molecule has 0 spiro atoms. The second kappa shape index (κ2) is 4.82. The Kier molecular flexibility index (Phi) is 3.58. The van der Waals surface area contributed by atoms with E-state index in [0.29, 0.717) is 17.7 Å². The van der Waals surface area contributed by atoms with E-state index >= 15 is 0 Å². The average Bonchev–Trinajstić information content (AvgIpc) is 3.20. The van der Waals surface area contributed by atoms with Crippen molar-refractivity contribution in [3.8, 4) is 0 Å². The fourth-order valence-electron chi connectivity index (χ4n) is 2.53. The van der Waals surface area contributed by atoms with Crippen LogP contribution in [-0.4, -0.2) is 35.8 Å². The van der Waals surface area contributed by atoms with Gasteiger partial charge in [0.05, 0.1) is 0 Å². The lowest BCUT2D eigenvalue weighted by atomic mass is 10.00. The number of rotatable bonds is 8. The zero-order valence-corrected chi connectivity index (χ0v) is 10.3. The van der Waals surface area contributed by atoms with E-state index in [1.807, 2.05) is 0 Å². The van der Waals surface area contributed by atoms with Gasteiger partial charge in [0, 0.05) is 26.1 Å². The molecule has 5 nitrogen and oxygen atoms in total. The van der Waals surface area contributed by atoms with Crippen LogP contribution in [0.5, 0.6) is 0 Å². The molecule has 17 heavy (non-hydrogen) atoms. The Morgan fingerprint density at radius 3 is 2.24 bits per heavy atom. The van der Waals surface area contributed by atoms with E-state index in [4.69, 9.17) is 16.0 Å². The van der Waals surface area contributed by atoms with Gasteiger partial charge in [-0.15, -0.1) is 0 Å². The number of aliphatic hydroxyl groups excluding tert-OH is 1. The van der Waals surface area contributed by atoms with E-state index in [1.54, 1.807) is 0 Å². The number of hydrogen-bond acceptors (Lipinski definition) is 4. The van der Waals surface area contributed by atoms with Crippen molar-refractivity contribution in [1.82, 2.24) is 5.32 Å². The average molecular weight is 241 g/mol. The first-order valence-electron chi connectivity index (χ1n) is 6.42. The maximum Gasteiger partial charge on any atom is 0.139 e. The first-order chi connectivity index (χ1) is 8.14. The zero-order valence-electron chi connectivity index (χ0n) is 10.3. The van der Waals surface area contributed by atoms with Crippen LogP contribution in [0.2, 0.25) is 0 Å². The molecule has 0 aromatic heterocycles. The highest BCUT2D eigenvalue weighted by atomic mass is 16.4. The van der Waals surface area contributed by atoms with E-state index in [-0.39, 0.29) is 12.0 Å². The quantitative estimate of drug-likeness (QED) is 0.217. The summed E-state index contributed by atoms with van der Waals surface area (Å²) in [5, 5.41) is 24.1. The Labute approximate surface area is 102 Å². The molecule has 0 aromatic carbocycles. The van der Waals surface area contributed by atoms with Crippen molar-refractivity contribution in [2.24, 2.45) is 21.7 Å². The molecule has 0 heterocycles. The summed E-state index contributed by atoms with van der Waals surface area (Å²) in [5.41, 5.74) is 6.15. The number of hydrogen-bond donors (Lipinski definition) is 4. The van der Waals surface area contributed by atoms with Crippen molar-refractivity contribution in [2.75, 3.05) is 19.7 Å². The van der Waals surface area contributed by atoms with E-state index in [9.17, 15) is 0 Å². The molecule has 0 bridgehead atoms. The van der Waals surface area contributed by atoms with Crippen LogP contribution in [0.4, 0.5) is 0 Å². The van der Waals surface area contributed by atoms with Gasteiger partial charge in [-0.25, -0.2) is 0 Å². The van der Waals surface area contributed by atoms with E-state index in [0.717, 1.165) is 32.4 Å². The minimum atomic E-state index is 0.228. The third kappa shape index (κ3) is 3.33. The summed E-state index contributed by atoms with van der Waals surface area (Å²) in [6.45, 7) is 2.22. The van der Waals surface area contributed by atoms with Crippen LogP contribution in [0, 0.1) is 10.8 Å². The molecule has 0 atom stereocenters. The Hall–Kier alpha value is -0.810. The highest BCUT2D eigenvalue weighted by Crippen LogP contribution is 2.50. The summed E-state index contributed by atoms with van der Waals surface area (Å²) >= 11 is 0. The molecule has 2 aliphatic rings. The molecule has 0 radical (unpaired) electrons. The standard InChI is InChI=1S/C12H23N3O2/c13-10(15-17)7-12(3-4-12)9-14-8-11(1-2-11)5-6-16/h14,16-17H,1-9H2,(H2,13,15). The molecule has 0 amide bonds. The highest BCUT2D eigenvalue weighted by molar-refractivity contribution is 5.80. The molecule has 5 N–H and O–H groups in total. The van der Waals surface area contributed by atoms with Crippen LogP contribution < -0.4 is 11.1 Å². The van der Waals surface area contributed by atoms with E-state index < -0.39 is 0 Å². The van der Waals surface area contributed by atoms with Gasteiger partial charge < -0.3 is 21.4 Å². The lowest BCUT2D eigenvalue weighted by Gasteiger charge is -2.19. The second-order valence-electron chi connectivity index (χ2n) is 5.85. The van der Waals surface area contributed by atoms with Crippen LogP contribution in [0.3, 0.4) is 0 Å². The van der Waals surface area contributed by atoms with Crippen molar-refractivity contribution in [3.63, 3.8) is 0 Å². The summed E-state index contributed by atoms with van der Waals surface area (Å²) in [6.07, 6.45) is 6.37. The predicted molar refractivity (Wildman–Crippen MR) is 65.9 cm³/mol. The highest BCUT2D eigenvalue weighted by Gasteiger charge is 2.45. The van der Waals surface area contributed by atoms with Gasteiger partial charge in [0.15, 0.2) is 0 Å². The Bertz CT molecular complexity index is 296. The van der Waals surface area contributed by atoms with Crippen LogP contribution >= 0.6 is 0 Å². The molecule has 2 aliphatic carbocycles. The Morgan fingerprint density at radius 2 is 1.76 bits per heavy atom. The van der Waals surface area contributed by atoms with Gasteiger partial charge in [-0.2, -0.15) is 0 Å². The Morgan fingerprint density at radius 1 is 1.18 bits per heavy atom. The van der Waals surface area contributed by atoms with Gasteiger partial charge in [-0.1, -0.05) is 5.16 Å². The lowest BCUT2D eigenvalue weighted by molar-refractivity contribution is 0.243. The van der Waals surface area contributed by atoms with E-state index in [1.165, 1.54) is 12.8 Å². The molecular formula is C12H23N3O2. The molecule has 2 fully saturated rings. The van der Waals surface area contributed by atoms with Gasteiger partial charge >= 0.3 is 0 Å². The molecule has 0 unspecified atom stereocenters. The molecule has 0 aliphatic heterocycles. The van der Waals surface area contributed by atoms with Crippen LogP contribution in [0.15, 0.2) is 5.16 Å². The van der Waals surface area contributed by atoms with Crippen molar-refractivity contribution < 1.29 is 10.3 Å². The van der Waals surface area contributed by atoms with Gasteiger partial charge in [-0.05, 0) is 42.9 Å². The molecule has 5 heteroatoms. The number of aliphatic hydroxyl groups is 1. The maximum atomic E-state index is 8.98. The maximum absolute atomic E-state index is 8.98. The first-order valence-corrected chi connectivity index (χ1v) is 6.42. The van der Waals surface area contributed by atoms with Crippen molar-refractivity contribution in [3.05, 3.63) is 0 Å². The monoisotopic (exact) mass is 241 g/mol. The first kappa shape index (κ1) is 12.6. The summed E-state index contributed by atoms with van der Waals surface area (Å²) in [5.74, 6) is 0.334. The molecular weight excluding hydrogens is 218 g/mol. The third-order valence-corrected chi connectivity index (χ3v) is 4.24. The summed E-state index contributed by atoms with van der Waals surface area (Å²) in [4.78, 5) is 0. The lowest BCUT2D eigenvalue weighted by Crippen LogP contribution is -2.32. The van der Waals surface area contributed by atoms with Gasteiger partial charge in [0.25, 0.3) is 0 Å². The van der Waals surface area contributed by atoms with Gasteiger partial charge in [0.2, 0.25) is 0 Å². The zero-order chi connectivity index (χ0) is 12.4. The van der Waals surface area contributed by atoms with Crippen LogP contribution in [0.25, 0.3) is 0 Å². The second-order valence-corrected chi connectivity index (χ2v) is 5.85. The number of nitrogens with zero attached hydrogens (tertiary/aromatic N) is 1. The molecule has 98 valence electrons. The topological polar surface area (TPSA) is 90.9 Å². The van der Waals surface area contributed by atoms with Crippen molar-refractivity contribution in [2.45, 2.75) is 38.5 Å². The summed E-state index contributed by atoms with van der Waals surface area (Å²) in [6, 6.07) is 0. The fraction of sp³-hybridized carbons (Fsp3) is 0.917. The molecule has 2 saturated carbocycles. The predicted octanol–water partition coefficient (Wildman–Crippen LogP) is 0.655. The normalized spacial score (nSPS) is 24.6. The van der Waals surface area contributed by atoms with Gasteiger partial charge in [-0.3, -0.25) is 0 Å². The number of nitrogens with one attached hydrogen (secondary N) is 1. The summed E-state index contributed by atoms with van der Waals surface area (Å²) < 4.78 is 0. The fourth-order valence-corrected chi connectivity index (χ4v) is 2.53. The molecule has 0 aromatic rings. The van der Waals surface area contributed by atoms with Crippen molar-refractivity contribution >= 4 is 5.84 Å². The third-order valence-electron chi connectivity index (χ3n) is 4.24. The van der Waals surface area contributed by atoms with Gasteiger partial charge in [0.1, 0.15) is 5.84 Å².